The minimum Gasteiger partial charge on any atom is -0.394 e. The highest BCUT2D eigenvalue weighted by Gasteiger charge is 2.44. The standard InChI is InChI=1S/C40H71NO10/c1-3-5-7-9-11-13-14-15-16-17-18-19-20-22-24-26-28-33(44)39(49)41-31(30-50-40-38(48)37(47)36(46)34(29-42)51-40)35(45)32(43)27-25-23-21-12-10-8-6-4-2/h4,6,11-13,15-16,21,31-38,40,42-48H,3,5,7-10,14,17-20,22-30H2,1-2H3,(H,41,49)/b6-4+,13-11-,16-15-,21-12+. The van der Waals surface area contributed by atoms with E-state index in [9.17, 15) is 40.5 Å². The highest BCUT2D eigenvalue weighted by atomic mass is 16.7. The molecule has 1 heterocycles. The molecule has 1 aliphatic rings. The van der Waals surface area contributed by atoms with Crippen LogP contribution < -0.4 is 5.32 Å². The van der Waals surface area contributed by atoms with E-state index in [2.05, 4.69) is 48.7 Å². The van der Waals surface area contributed by atoms with Crippen molar-refractivity contribution < 1.29 is 50.0 Å². The second kappa shape index (κ2) is 30.5. The predicted octanol–water partition coefficient (Wildman–Crippen LogP) is 4.66. The number of carbonyl (C=O) groups is 1. The molecule has 0 spiro atoms. The van der Waals surface area contributed by atoms with Crippen molar-refractivity contribution in [2.45, 2.75) is 184 Å². The van der Waals surface area contributed by atoms with Gasteiger partial charge in [0.25, 0.3) is 0 Å². The van der Waals surface area contributed by atoms with Crippen molar-refractivity contribution in [2.24, 2.45) is 0 Å². The van der Waals surface area contributed by atoms with E-state index >= 15 is 0 Å². The maximum Gasteiger partial charge on any atom is 0.249 e. The Balaban J connectivity index is 2.54. The van der Waals surface area contributed by atoms with Crippen LogP contribution >= 0.6 is 0 Å². The maximum absolute atomic E-state index is 13.0. The number of aliphatic hydroxyl groups is 7. The van der Waals surface area contributed by atoms with Gasteiger partial charge in [-0.1, -0.05) is 100 Å². The second-order valence-corrected chi connectivity index (χ2v) is 13.6. The molecule has 0 aromatic rings. The highest BCUT2D eigenvalue weighted by Crippen LogP contribution is 2.23. The Bertz CT molecular complexity index is 971. The zero-order valence-corrected chi connectivity index (χ0v) is 31.3. The van der Waals surface area contributed by atoms with Crippen LogP contribution in [0.2, 0.25) is 0 Å². The van der Waals surface area contributed by atoms with E-state index in [1.165, 1.54) is 19.3 Å². The fraction of sp³-hybridized carbons (Fsp3) is 0.775. The fourth-order valence-corrected chi connectivity index (χ4v) is 5.84. The number of ether oxygens (including phenoxy) is 2. The van der Waals surface area contributed by atoms with E-state index in [1.807, 2.05) is 19.1 Å². The number of aliphatic hydroxyl groups excluding tert-OH is 7. The van der Waals surface area contributed by atoms with Gasteiger partial charge in [0.2, 0.25) is 5.91 Å². The zero-order chi connectivity index (χ0) is 37.7. The second-order valence-electron chi connectivity index (χ2n) is 13.6. The van der Waals surface area contributed by atoms with Gasteiger partial charge in [-0.15, -0.1) is 0 Å². The van der Waals surface area contributed by atoms with Gasteiger partial charge in [-0.3, -0.25) is 4.79 Å². The number of allylic oxidation sites excluding steroid dienone is 8. The van der Waals surface area contributed by atoms with Crippen LogP contribution in [-0.2, 0) is 14.3 Å². The lowest BCUT2D eigenvalue weighted by Gasteiger charge is -2.40. The average molecular weight is 726 g/mol. The number of unbranched alkanes of at least 4 members (excludes halogenated alkanes) is 11. The Morgan fingerprint density at radius 2 is 1.31 bits per heavy atom. The lowest BCUT2D eigenvalue weighted by atomic mass is 9.98. The van der Waals surface area contributed by atoms with Crippen LogP contribution in [0.4, 0.5) is 0 Å². The van der Waals surface area contributed by atoms with E-state index < -0.39 is 74.2 Å². The number of rotatable bonds is 30. The van der Waals surface area contributed by atoms with Gasteiger partial charge in [-0.25, -0.2) is 0 Å². The molecule has 1 aliphatic heterocycles. The van der Waals surface area contributed by atoms with Crippen molar-refractivity contribution >= 4 is 5.91 Å². The summed E-state index contributed by atoms with van der Waals surface area (Å²) in [5.74, 6) is -0.727. The van der Waals surface area contributed by atoms with Crippen LogP contribution in [0.3, 0.4) is 0 Å². The summed E-state index contributed by atoms with van der Waals surface area (Å²) in [5.41, 5.74) is 0. The third kappa shape index (κ3) is 21.4. The minimum atomic E-state index is -1.67. The van der Waals surface area contributed by atoms with Gasteiger partial charge in [0.1, 0.15) is 36.6 Å². The first-order chi connectivity index (χ1) is 24.7. The van der Waals surface area contributed by atoms with Gasteiger partial charge >= 0.3 is 0 Å². The average Bonchev–Trinajstić information content (AvgIpc) is 3.13. The predicted molar refractivity (Wildman–Crippen MR) is 201 cm³/mol. The maximum atomic E-state index is 13.0. The van der Waals surface area contributed by atoms with Gasteiger partial charge in [-0.05, 0) is 77.6 Å². The molecule has 11 nitrogen and oxygen atoms in total. The molecule has 11 heteroatoms. The van der Waals surface area contributed by atoms with Crippen LogP contribution in [0.5, 0.6) is 0 Å². The first kappa shape index (κ1) is 47.1. The van der Waals surface area contributed by atoms with Crippen LogP contribution in [0.25, 0.3) is 0 Å². The first-order valence-corrected chi connectivity index (χ1v) is 19.5. The molecule has 1 fully saturated rings. The molecule has 0 radical (unpaired) electrons. The Kier molecular flexibility index (Phi) is 28.2. The van der Waals surface area contributed by atoms with Crippen molar-refractivity contribution in [1.82, 2.24) is 5.32 Å². The van der Waals surface area contributed by atoms with Crippen LogP contribution in [0, 0.1) is 0 Å². The monoisotopic (exact) mass is 726 g/mol. The normalized spacial score (nSPS) is 23.8. The van der Waals surface area contributed by atoms with Gasteiger partial charge in [0, 0.05) is 0 Å². The lowest BCUT2D eigenvalue weighted by molar-refractivity contribution is -0.303. The summed E-state index contributed by atoms with van der Waals surface area (Å²) in [6.07, 6.45) is 22.1. The number of carbonyl (C=O) groups excluding carboxylic acids is 1. The molecule has 0 saturated carbocycles. The van der Waals surface area contributed by atoms with Gasteiger partial charge < -0.3 is 50.5 Å². The first-order valence-electron chi connectivity index (χ1n) is 19.5. The third-order valence-electron chi connectivity index (χ3n) is 9.18. The van der Waals surface area contributed by atoms with Crippen molar-refractivity contribution in [3.05, 3.63) is 48.6 Å². The largest absolute Gasteiger partial charge is 0.394 e. The SMILES string of the molecule is C/C=C/CC/C=C/CCCC(O)C(O)C(COC1OC(CO)C(O)C(O)C1O)NC(=O)C(O)CCCCCCCC/C=C\C/C=C\CCCCC. The molecule has 0 bridgehead atoms. The molecule has 8 N–H and O–H groups in total. The summed E-state index contributed by atoms with van der Waals surface area (Å²) in [6.45, 7) is 3.10. The Morgan fingerprint density at radius 3 is 1.98 bits per heavy atom. The molecule has 1 saturated heterocycles. The smallest absolute Gasteiger partial charge is 0.249 e. The van der Waals surface area contributed by atoms with Crippen molar-refractivity contribution in [3.63, 3.8) is 0 Å². The molecule has 51 heavy (non-hydrogen) atoms. The van der Waals surface area contributed by atoms with Crippen molar-refractivity contribution in [3.8, 4) is 0 Å². The molecular weight excluding hydrogens is 654 g/mol. The molecule has 0 aromatic carbocycles. The fourth-order valence-electron chi connectivity index (χ4n) is 5.84. The number of hydrogen-bond acceptors (Lipinski definition) is 10. The van der Waals surface area contributed by atoms with E-state index in [0.717, 1.165) is 64.2 Å². The molecule has 0 aromatic heterocycles. The lowest BCUT2D eigenvalue weighted by Crippen LogP contribution is -2.60. The zero-order valence-electron chi connectivity index (χ0n) is 31.3. The van der Waals surface area contributed by atoms with Gasteiger partial charge in [0.15, 0.2) is 6.29 Å². The molecule has 296 valence electrons. The van der Waals surface area contributed by atoms with E-state index in [0.29, 0.717) is 19.3 Å². The summed E-state index contributed by atoms with van der Waals surface area (Å²) in [4.78, 5) is 13.0. The molecular formula is C40H71NO10. The number of amides is 1. The van der Waals surface area contributed by atoms with Crippen molar-refractivity contribution in [2.75, 3.05) is 13.2 Å². The topological polar surface area (TPSA) is 189 Å². The number of hydrogen-bond donors (Lipinski definition) is 8. The molecule has 0 aliphatic carbocycles. The minimum absolute atomic E-state index is 0.236. The van der Waals surface area contributed by atoms with Crippen LogP contribution in [0.1, 0.15) is 129 Å². The summed E-state index contributed by atoms with van der Waals surface area (Å²) < 4.78 is 11.0. The Hall–Kier alpha value is -1.93. The summed E-state index contributed by atoms with van der Waals surface area (Å²) in [5, 5.41) is 75.0. The molecule has 1 amide bonds. The molecule has 1 rings (SSSR count). The van der Waals surface area contributed by atoms with E-state index in [1.54, 1.807) is 0 Å². The van der Waals surface area contributed by atoms with Gasteiger partial charge in [-0.2, -0.15) is 0 Å². The molecule has 9 atom stereocenters. The van der Waals surface area contributed by atoms with Gasteiger partial charge in [0.05, 0.1) is 25.4 Å². The highest BCUT2D eigenvalue weighted by molar-refractivity contribution is 5.80. The number of nitrogens with one attached hydrogen (secondary N) is 1. The summed E-state index contributed by atoms with van der Waals surface area (Å²) >= 11 is 0. The van der Waals surface area contributed by atoms with E-state index in [4.69, 9.17) is 9.47 Å². The summed E-state index contributed by atoms with van der Waals surface area (Å²) in [6, 6.07) is -1.19. The third-order valence-corrected chi connectivity index (χ3v) is 9.18. The molecule has 9 unspecified atom stereocenters. The quantitative estimate of drug-likeness (QED) is 0.0382. The Morgan fingerprint density at radius 1 is 0.725 bits per heavy atom. The van der Waals surface area contributed by atoms with Crippen LogP contribution in [-0.4, -0.2) is 110 Å². The van der Waals surface area contributed by atoms with Crippen molar-refractivity contribution in [1.29, 1.82) is 0 Å². The van der Waals surface area contributed by atoms with E-state index in [-0.39, 0.29) is 12.8 Å². The summed E-state index contributed by atoms with van der Waals surface area (Å²) in [7, 11) is 0. The Labute approximate surface area is 307 Å². The van der Waals surface area contributed by atoms with Crippen LogP contribution in [0.15, 0.2) is 48.6 Å².